The van der Waals surface area contributed by atoms with Gasteiger partial charge in [-0.25, -0.2) is 0 Å². The Bertz CT molecular complexity index is 632. The maximum absolute atomic E-state index is 12.2. The Hall–Kier alpha value is -2.33. The molecule has 21 heavy (non-hydrogen) atoms. The van der Waals surface area contributed by atoms with E-state index in [0.717, 1.165) is 16.8 Å². The Morgan fingerprint density at radius 1 is 1.14 bits per heavy atom. The SMILES string of the molecule is COc1cccc(C(O)C(=O)Nc2c(C)cccc2C)c1. The average Bonchev–Trinajstić information content (AvgIpc) is 2.50. The Kier molecular flexibility index (Phi) is 4.60. The van der Waals surface area contributed by atoms with Crippen LogP contribution in [0.4, 0.5) is 5.69 Å². The summed E-state index contributed by atoms with van der Waals surface area (Å²) in [5, 5.41) is 13.0. The van der Waals surface area contributed by atoms with Gasteiger partial charge in [0.05, 0.1) is 7.11 Å². The smallest absolute Gasteiger partial charge is 0.257 e. The van der Waals surface area contributed by atoms with Crippen LogP contribution in [-0.4, -0.2) is 18.1 Å². The molecule has 0 radical (unpaired) electrons. The molecule has 0 saturated heterocycles. The minimum Gasteiger partial charge on any atom is -0.497 e. The second-order valence-corrected chi connectivity index (χ2v) is 4.94. The fourth-order valence-electron chi connectivity index (χ4n) is 2.17. The van der Waals surface area contributed by atoms with Crippen LogP contribution in [0.2, 0.25) is 0 Å². The first-order chi connectivity index (χ1) is 10.0. The number of hydrogen-bond acceptors (Lipinski definition) is 3. The van der Waals surface area contributed by atoms with Gasteiger partial charge in [0.1, 0.15) is 5.75 Å². The molecule has 0 aromatic heterocycles. The highest BCUT2D eigenvalue weighted by molar-refractivity contribution is 5.96. The first-order valence-corrected chi connectivity index (χ1v) is 6.72. The zero-order chi connectivity index (χ0) is 15.4. The molecule has 0 aliphatic heterocycles. The van der Waals surface area contributed by atoms with Crippen LogP contribution in [0.5, 0.6) is 5.75 Å². The van der Waals surface area contributed by atoms with Crippen molar-refractivity contribution in [2.24, 2.45) is 0 Å². The summed E-state index contributed by atoms with van der Waals surface area (Å²) in [4.78, 5) is 12.2. The van der Waals surface area contributed by atoms with Crippen LogP contribution in [0, 0.1) is 13.8 Å². The number of para-hydroxylation sites is 1. The van der Waals surface area contributed by atoms with Crippen molar-refractivity contribution in [1.82, 2.24) is 0 Å². The lowest BCUT2D eigenvalue weighted by Crippen LogP contribution is -2.21. The monoisotopic (exact) mass is 285 g/mol. The number of aliphatic hydroxyl groups is 1. The van der Waals surface area contributed by atoms with E-state index >= 15 is 0 Å². The molecule has 0 fully saturated rings. The molecule has 1 unspecified atom stereocenters. The van der Waals surface area contributed by atoms with E-state index < -0.39 is 12.0 Å². The minimum atomic E-state index is -1.24. The Balaban J connectivity index is 2.19. The van der Waals surface area contributed by atoms with Gasteiger partial charge in [0.15, 0.2) is 6.10 Å². The van der Waals surface area contributed by atoms with Crippen molar-refractivity contribution in [3.05, 3.63) is 59.2 Å². The number of benzene rings is 2. The molecule has 2 N–H and O–H groups in total. The summed E-state index contributed by atoms with van der Waals surface area (Å²) in [7, 11) is 1.54. The zero-order valence-corrected chi connectivity index (χ0v) is 12.4. The molecule has 0 spiro atoms. The number of aliphatic hydroxyl groups excluding tert-OH is 1. The molecule has 0 aliphatic rings. The number of aryl methyl sites for hydroxylation is 2. The number of ether oxygens (including phenoxy) is 1. The first-order valence-electron chi connectivity index (χ1n) is 6.72. The van der Waals surface area contributed by atoms with Gasteiger partial charge in [0.2, 0.25) is 0 Å². The second kappa shape index (κ2) is 6.41. The number of anilines is 1. The summed E-state index contributed by atoms with van der Waals surface area (Å²) in [5.41, 5.74) is 3.16. The zero-order valence-electron chi connectivity index (χ0n) is 12.4. The number of carbonyl (C=O) groups excluding carboxylic acids is 1. The lowest BCUT2D eigenvalue weighted by atomic mass is 10.1. The van der Waals surface area contributed by atoms with Crippen LogP contribution in [0.15, 0.2) is 42.5 Å². The molecular formula is C17H19NO3. The summed E-state index contributed by atoms with van der Waals surface area (Å²) < 4.78 is 5.10. The van der Waals surface area contributed by atoms with E-state index in [-0.39, 0.29) is 0 Å². The van der Waals surface area contributed by atoms with Crippen LogP contribution in [-0.2, 0) is 4.79 Å². The topological polar surface area (TPSA) is 58.6 Å². The normalized spacial score (nSPS) is 11.8. The van der Waals surface area contributed by atoms with Crippen molar-refractivity contribution in [2.45, 2.75) is 20.0 Å². The maximum Gasteiger partial charge on any atom is 0.257 e. The molecule has 1 amide bonds. The molecule has 4 nitrogen and oxygen atoms in total. The summed E-state index contributed by atoms with van der Waals surface area (Å²) >= 11 is 0. The largest absolute Gasteiger partial charge is 0.497 e. The van der Waals surface area contributed by atoms with Gasteiger partial charge in [-0.15, -0.1) is 0 Å². The molecule has 2 rings (SSSR count). The number of rotatable bonds is 4. The predicted molar refractivity (Wildman–Crippen MR) is 82.5 cm³/mol. The number of nitrogens with one attached hydrogen (secondary N) is 1. The van der Waals surface area contributed by atoms with E-state index in [1.165, 1.54) is 0 Å². The van der Waals surface area contributed by atoms with Gasteiger partial charge in [0.25, 0.3) is 5.91 Å². The molecule has 0 heterocycles. The minimum absolute atomic E-state index is 0.458. The van der Waals surface area contributed by atoms with Crippen molar-refractivity contribution in [1.29, 1.82) is 0 Å². The van der Waals surface area contributed by atoms with Crippen molar-refractivity contribution < 1.29 is 14.6 Å². The van der Waals surface area contributed by atoms with Gasteiger partial charge in [-0.3, -0.25) is 4.79 Å². The van der Waals surface area contributed by atoms with Gasteiger partial charge in [-0.05, 0) is 42.7 Å². The highest BCUT2D eigenvalue weighted by Crippen LogP contribution is 2.23. The second-order valence-electron chi connectivity index (χ2n) is 4.94. The lowest BCUT2D eigenvalue weighted by molar-refractivity contribution is -0.124. The van der Waals surface area contributed by atoms with Gasteiger partial charge in [-0.2, -0.15) is 0 Å². The number of hydrogen-bond donors (Lipinski definition) is 2. The quantitative estimate of drug-likeness (QED) is 0.908. The van der Waals surface area contributed by atoms with Crippen LogP contribution in [0.25, 0.3) is 0 Å². The van der Waals surface area contributed by atoms with Crippen LogP contribution < -0.4 is 10.1 Å². The third-order valence-corrected chi connectivity index (χ3v) is 3.39. The fourth-order valence-corrected chi connectivity index (χ4v) is 2.17. The molecule has 2 aromatic rings. The Morgan fingerprint density at radius 2 is 1.76 bits per heavy atom. The predicted octanol–water partition coefficient (Wildman–Crippen LogP) is 2.98. The van der Waals surface area contributed by atoms with Crippen molar-refractivity contribution in [3.8, 4) is 5.75 Å². The van der Waals surface area contributed by atoms with Gasteiger partial charge < -0.3 is 15.2 Å². The van der Waals surface area contributed by atoms with Crippen molar-refractivity contribution in [2.75, 3.05) is 12.4 Å². The highest BCUT2D eigenvalue weighted by atomic mass is 16.5. The number of carbonyl (C=O) groups is 1. The van der Waals surface area contributed by atoms with Gasteiger partial charge >= 0.3 is 0 Å². The van der Waals surface area contributed by atoms with Crippen LogP contribution in [0.1, 0.15) is 22.8 Å². The molecule has 0 saturated carbocycles. The van der Waals surface area contributed by atoms with Crippen LogP contribution in [0.3, 0.4) is 0 Å². The Morgan fingerprint density at radius 3 is 2.38 bits per heavy atom. The lowest BCUT2D eigenvalue weighted by Gasteiger charge is -2.15. The average molecular weight is 285 g/mol. The maximum atomic E-state index is 12.2. The number of amides is 1. The third kappa shape index (κ3) is 3.41. The van der Waals surface area contributed by atoms with Gasteiger partial charge in [0, 0.05) is 5.69 Å². The third-order valence-electron chi connectivity index (χ3n) is 3.39. The Labute approximate surface area is 124 Å². The highest BCUT2D eigenvalue weighted by Gasteiger charge is 2.19. The van der Waals surface area contributed by atoms with E-state index in [4.69, 9.17) is 4.74 Å². The van der Waals surface area contributed by atoms with E-state index in [1.54, 1.807) is 31.4 Å². The molecule has 0 aliphatic carbocycles. The molecule has 2 aromatic carbocycles. The van der Waals surface area contributed by atoms with Crippen molar-refractivity contribution in [3.63, 3.8) is 0 Å². The summed E-state index contributed by atoms with van der Waals surface area (Å²) in [6, 6.07) is 12.6. The molecule has 0 bridgehead atoms. The van der Waals surface area contributed by atoms with E-state index in [1.807, 2.05) is 32.0 Å². The molecule has 1 atom stereocenters. The number of methoxy groups -OCH3 is 1. The molecule has 110 valence electrons. The van der Waals surface area contributed by atoms with Crippen LogP contribution >= 0.6 is 0 Å². The van der Waals surface area contributed by atoms with Crippen molar-refractivity contribution >= 4 is 11.6 Å². The fraction of sp³-hybridized carbons (Fsp3) is 0.235. The summed E-state index contributed by atoms with van der Waals surface area (Å²) in [6.07, 6.45) is -1.24. The van der Waals surface area contributed by atoms with E-state index in [9.17, 15) is 9.90 Å². The standard InChI is InChI=1S/C17H19NO3/c1-11-6-4-7-12(2)15(11)18-17(20)16(19)13-8-5-9-14(10-13)21-3/h4-10,16,19H,1-3H3,(H,18,20). The first kappa shape index (κ1) is 15.1. The van der Waals surface area contributed by atoms with E-state index in [0.29, 0.717) is 11.3 Å². The molecule has 4 heteroatoms. The van der Waals surface area contributed by atoms with E-state index in [2.05, 4.69) is 5.32 Å². The van der Waals surface area contributed by atoms with Gasteiger partial charge in [-0.1, -0.05) is 30.3 Å². The molecular weight excluding hydrogens is 266 g/mol. The summed E-state index contributed by atoms with van der Waals surface area (Å²) in [6.45, 7) is 3.83. The summed E-state index contributed by atoms with van der Waals surface area (Å²) in [5.74, 6) is 0.145.